The molecular weight excluding hydrogens is 262 g/mol. The van der Waals surface area contributed by atoms with E-state index in [9.17, 15) is 0 Å². The van der Waals surface area contributed by atoms with Gasteiger partial charge >= 0.3 is 0 Å². The maximum Gasteiger partial charge on any atom is 0.0204 e. The summed E-state index contributed by atoms with van der Waals surface area (Å²) in [6.45, 7) is 8.55. The van der Waals surface area contributed by atoms with Gasteiger partial charge < -0.3 is 5.32 Å². The van der Waals surface area contributed by atoms with Crippen LogP contribution in [0.25, 0.3) is 6.08 Å². The third kappa shape index (κ3) is 4.95. The predicted molar refractivity (Wildman–Crippen MR) is 75.6 cm³/mol. The van der Waals surface area contributed by atoms with Crippen molar-refractivity contribution in [1.82, 2.24) is 5.32 Å². The first-order valence-electron chi connectivity index (χ1n) is 5.73. The molecule has 0 heterocycles. The molecule has 0 aliphatic heterocycles. The van der Waals surface area contributed by atoms with E-state index >= 15 is 0 Å². The molecule has 1 N–H and O–H groups in total. The molecule has 1 nitrogen and oxygen atoms in total. The standard InChI is InChI=1S/C14H20BrN/c1-11(2)10-16-8-4-5-13-6-7-14(15)12(3)9-13/h4-7,9,11,16H,8,10H2,1-3H3. The Hall–Kier alpha value is -0.600. The van der Waals surface area contributed by atoms with Gasteiger partial charge in [0.15, 0.2) is 0 Å². The van der Waals surface area contributed by atoms with Crippen LogP contribution in [0.1, 0.15) is 25.0 Å². The van der Waals surface area contributed by atoms with E-state index in [1.165, 1.54) is 15.6 Å². The monoisotopic (exact) mass is 281 g/mol. The van der Waals surface area contributed by atoms with Crippen LogP contribution in [0.15, 0.2) is 28.7 Å². The van der Waals surface area contributed by atoms with Gasteiger partial charge in [0, 0.05) is 11.0 Å². The molecule has 2 heteroatoms. The quantitative estimate of drug-likeness (QED) is 0.804. The fourth-order valence-corrected chi connectivity index (χ4v) is 1.67. The molecule has 1 rings (SSSR count). The lowest BCUT2D eigenvalue weighted by molar-refractivity contribution is 0.577. The minimum Gasteiger partial charge on any atom is -0.313 e. The summed E-state index contributed by atoms with van der Waals surface area (Å²) in [4.78, 5) is 0. The summed E-state index contributed by atoms with van der Waals surface area (Å²) in [6.07, 6.45) is 4.33. The Morgan fingerprint density at radius 3 is 2.75 bits per heavy atom. The van der Waals surface area contributed by atoms with Crippen LogP contribution in [-0.4, -0.2) is 13.1 Å². The highest BCUT2D eigenvalue weighted by Gasteiger charge is 1.94. The van der Waals surface area contributed by atoms with E-state index < -0.39 is 0 Å². The Balaban J connectivity index is 2.41. The van der Waals surface area contributed by atoms with Crippen molar-refractivity contribution in [3.63, 3.8) is 0 Å². The second kappa shape index (κ2) is 6.87. The van der Waals surface area contributed by atoms with Gasteiger partial charge in [0.1, 0.15) is 0 Å². The molecule has 0 amide bonds. The highest BCUT2D eigenvalue weighted by molar-refractivity contribution is 9.10. The van der Waals surface area contributed by atoms with Crippen molar-refractivity contribution in [1.29, 1.82) is 0 Å². The molecule has 0 saturated carbocycles. The van der Waals surface area contributed by atoms with E-state index in [-0.39, 0.29) is 0 Å². The molecule has 0 spiro atoms. The summed E-state index contributed by atoms with van der Waals surface area (Å²) in [5.74, 6) is 0.711. The summed E-state index contributed by atoms with van der Waals surface area (Å²) in [7, 11) is 0. The van der Waals surface area contributed by atoms with Crippen molar-refractivity contribution in [3.8, 4) is 0 Å². The Bertz CT molecular complexity index is 356. The summed E-state index contributed by atoms with van der Waals surface area (Å²) in [6, 6.07) is 6.40. The number of rotatable bonds is 5. The number of aryl methyl sites for hydroxylation is 1. The van der Waals surface area contributed by atoms with Gasteiger partial charge in [-0.2, -0.15) is 0 Å². The lowest BCUT2D eigenvalue weighted by Gasteiger charge is -2.04. The van der Waals surface area contributed by atoms with E-state index in [1.807, 2.05) is 0 Å². The topological polar surface area (TPSA) is 12.0 Å². The molecule has 0 saturated heterocycles. The van der Waals surface area contributed by atoms with Gasteiger partial charge in [0.2, 0.25) is 0 Å². The lowest BCUT2D eigenvalue weighted by atomic mass is 10.1. The molecule has 0 aliphatic carbocycles. The average Bonchev–Trinajstić information content (AvgIpc) is 2.22. The van der Waals surface area contributed by atoms with Crippen molar-refractivity contribution in [2.24, 2.45) is 5.92 Å². The molecule has 1 aromatic rings. The van der Waals surface area contributed by atoms with Crippen LogP contribution in [0.5, 0.6) is 0 Å². The molecule has 0 aliphatic rings. The maximum atomic E-state index is 3.50. The molecule has 0 bridgehead atoms. The second-order valence-electron chi connectivity index (χ2n) is 4.46. The van der Waals surface area contributed by atoms with Gasteiger partial charge in [-0.15, -0.1) is 0 Å². The summed E-state index contributed by atoms with van der Waals surface area (Å²) < 4.78 is 1.17. The zero-order valence-corrected chi connectivity index (χ0v) is 11.8. The number of benzene rings is 1. The first kappa shape index (κ1) is 13.5. The number of nitrogens with one attached hydrogen (secondary N) is 1. The van der Waals surface area contributed by atoms with Crippen LogP contribution in [-0.2, 0) is 0 Å². The minimum atomic E-state index is 0.711. The Morgan fingerprint density at radius 2 is 2.12 bits per heavy atom. The van der Waals surface area contributed by atoms with Crippen LogP contribution in [0.4, 0.5) is 0 Å². The van der Waals surface area contributed by atoms with E-state index in [4.69, 9.17) is 0 Å². The smallest absolute Gasteiger partial charge is 0.0204 e. The van der Waals surface area contributed by atoms with Gasteiger partial charge in [-0.25, -0.2) is 0 Å². The summed E-state index contributed by atoms with van der Waals surface area (Å²) >= 11 is 3.50. The molecule has 0 fully saturated rings. The largest absolute Gasteiger partial charge is 0.313 e. The van der Waals surface area contributed by atoms with E-state index in [0.29, 0.717) is 5.92 Å². The van der Waals surface area contributed by atoms with E-state index in [1.54, 1.807) is 0 Å². The van der Waals surface area contributed by atoms with Gasteiger partial charge in [0.25, 0.3) is 0 Å². The Morgan fingerprint density at radius 1 is 1.38 bits per heavy atom. The van der Waals surface area contributed by atoms with Crippen LogP contribution >= 0.6 is 15.9 Å². The zero-order valence-electron chi connectivity index (χ0n) is 10.3. The van der Waals surface area contributed by atoms with Gasteiger partial charge in [-0.1, -0.05) is 54.1 Å². The van der Waals surface area contributed by atoms with Crippen LogP contribution in [0.2, 0.25) is 0 Å². The van der Waals surface area contributed by atoms with Crippen LogP contribution < -0.4 is 5.32 Å². The second-order valence-corrected chi connectivity index (χ2v) is 5.32. The van der Waals surface area contributed by atoms with Gasteiger partial charge in [0.05, 0.1) is 0 Å². The Labute approximate surface area is 107 Å². The molecule has 0 radical (unpaired) electrons. The van der Waals surface area contributed by atoms with E-state index in [0.717, 1.165) is 13.1 Å². The maximum absolute atomic E-state index is 3.50. The fourth-order valence-electron chi connectivity index (χ4n) is 1.42. The summed E-state index contributed by atoms with van der Waals surface area (Å²) in [5, 5.41) is 3.39. The molecule has 0 unspecified atom stereocenters. The van der Waals surface area contributed by atoms with Crippen molar-refractivity contribution >= 4 is 22.0 Å². The zero-order chi connectivity index (χ0) is 12.0. The first-order chi connectivity index (χ1) is 7.59. The number of hydrogen-bond donors (Lipinski definition) is 1. The number of halogens is 1. The minimum absolute atomic E-state index is 0.711. The molecular formula is C14H20BrN. The molecule has 0 aromatic heterocycles. The third-order valence-corrected chi connectivity index (χ3v) is 3.20. The third-order valence-electron chi connectivity index (χ3n) is 2.31. The molecule has 88 valence electrons. The molecule has 0 atom stereocenters. The SMILES string of the molecule is Cc1cc(C=CCNCC(C)C)ccc1Br. The van der Waals surface area contributed by atoms with Crippen LogP contribution in [0, 0.1) is 12.8 Å². The van der Waals surface area contributed by atoms with Crippen molar-refractivity contribution in [3.05, 3.63) is 39.9 Å². The predicted octanol–water partition coefficient (Wildman–Crippen LogP) is 4.02. The highest BCUT2D eigenvalue weighted by Crippen LogP contribution is 2.17. The van der Waals surface area contributed by atoms with Crippen molar-refractivity contribution in [2.75, 3.05) is 13.1 Å². The van der Waals surface area contributed by atoms with Crippen molar-refractivity contribution < 1.29 is 0 Å². The Kier molecular flexibility index (Phi) is 5.78. The van der Waals surface area contributed by atoms with E-state index in [2.05, 4.69) is 72.4 Å². The fraction of sp³-hybridized carbons (Fsp3) is 0.429. The normalized spacial score (nSPS) is 11.6. The molecule has 1 aromatic carbocycles. The molecule has 16 heavy (non-hydrogen) atoms. The van der Waals surface area contributed by atoms with Gasteiger partial charge in [-0.3, -0.25) is 0 Å². The average molecular weight is 282 g/mol. The van der Waals surface area contributed by atoms with Crippen LogP contribution in [0.3, 0.4) is 0 Å². The lowest BCUT2D eigenvalue weighted by Crippen LogP contribution is -2.19. The highest BCUT2D eigenvalue weighted by atomic mass is 79.9. The number of hydrogen-bond acceptors (Lipinski definition) is 1. The van der Waals surface area contributed by atoms with Gasteiger partial charge in [-0.05, 0) is 36.6 Å². The first-order valence-corrected chi connectivity index (χ1v) is 6.52. The summed E-state index contributed by atoms with van der Waals surface area (Å²) in [5.41, 5.74) is 2.53. The van der Waals surface area contributed by atoms with Crippen molar-refractivity contribution in [2.45, 2.75) is 20.8 Å².